The number of hydrogen-bond acceptors (Lipinski definition) is 5. The van der Waals surface area contributed by atoms with Crippen LogP contribution in [0.2, 0.25) is 0 Å². The molecule has 0 spiro atoms. The molecule has 2 N–H and O–H groups in total. The van der Waals surface area contributed by atoms with E-state index in [9.17, 15) is 9.59 Å². The first kappa shape index (κ1) is 21.0. The number of benzene rings is 2. The van der Waals surface area contributed by atoms with Crippen LogP contribution in [0.5, 0.6) is 11.5 Å². The number of aliphatic carboxylic acids is 1. The molecule has 0 atom stereocenters. The average Bonchev–Trinajstić information content (AvgIpc) is 2.63. The Balaban J connectivity index is 1.99. The van der Waals surface area contributed by atoms with Gasteiger partial charge >= 0.3 is 5.97 Å². The predicted molar refractivity (Wildman–Crippen MR) is 106 cm³/mol. The van der Waals surface area contributed by atoms with Crippen molar-refractivity contribution in [3.8, 4) is 11.5 Å². The van der Waals surface area contributed by atoms with Crippen LogP contribution in [0.1, 0.15) is 29.2 Å². The Morgan fingerprint density at radius 3 is 2.57 bits per heavy atom. The topological polar surface area (TPSA) is 97.2 Å². The maximum Gasteiger partial charge on any atom is 0.341 e. The standard InChI is InChI=1S/C21H24N2O5/c1-4-27-19-10-16(6-8-18(19)28-13-21(25)26)12-22-23-20(24)11-17-7-5-14(2)9-15(17)3/h5-10,12H,4,11,13H2,1-3H3,(H,23,24)(H,25,26)/b22-12-. The van der Waals surface area contributed by atoms with Crippen LogP contribution >= 0.6 is 0 Å². The molecule has 2 rings (SSSR count). The van der Waals surface area contributed by atoms with E-state index in [-0.39, 0.29) is 12.3 Å². The molecule has 148 valence electrons. The minimum Gasteiger partial charge on any atom is -0.490 e. The zero-order valence-corrected chi connectivity index (χ0v) is 16.2. The third-order valence-corrected chi connectivity index (χ3v) is 3.87. The number of nitrogens with one attached hydrogen (secondary N) is 1. The minimum atomic E-state index is -1.07. The lowest BCUT2D eigenvalue weighted by Crippen LogP contribution is -2.20. The number of carboxylic acids is 1. The minimum absolute atomic E-state index is 0.213. The van der Waals surface area contributed by atoms with Crippen molar-refractivity contribution in [3.05, 3.63) is 58.7 Å². The van der Waals surface area contributed by atoms with Crippen LogP contribution < -0.4 is 14.9 Å². The van der Waals surface area contributed by atoms with Crippen molar-refractivity contribution in [2.24, 2.45) is 5.10 Å². The lowest BCUT2D eigenvalue weighted by atomic mass is 10.0. The second-order valence-electron chi connectivity index (χ2n) is 6.22. The predicted octanol–water partition coefficient (Wildman–Crippen LogP) is 2.86. The second kappa shape index (κ2) is 10.1. The number of rotatable bonds is 9. The monoisotopic (exact) mass is 384 g/mol. The summed E-state index contributed by atoms with van der Waals surface area (Å²) in [5.41, 5.74) is 6.36. The molecule has 1 amide bonds. The Labute approximate surface area is 164 Å². The third kappa shape index (κ3) is 6.42. The smallest absolute Gasteiger partial charge is 0.341 e. The molecule has 0 heterocycles. The molecule has 0 bridgehead atoms. The van der Waals surface area contributed by atoms with E-state index >= 15 is 0 Å². The molecule has 0 unspecified atom stereocenters. The Kier molecular flexibility index (Phi) is 7.56. The van der Waals surface area contributed by atoms with Crippen LogP contribution in [0.15, 0.2) is 41.5 Å². The number of nitrogens with zero attached hydrogens (tertiary/aromatic N) is 1. The molecule has 0 aliphatic heterocycles. The summed E-state index contributed by atoms with van der Waals surface area (Å²) in [5, 5.41) is 12.7. The summed E-state index contributed by atoms with van der Waals surface area (Å²) in [4.78, 5) is 22.7. The number of aryl methyl sites for hydroxylation is 2. The molecule has 2 aromatic rings. The van der Waals surface area contributed by atoms with E-state index in [1.807, 2.05) is 39.0 Å². The molecule has 0 saturated carbocycles. The first-order chi connectivity index (χ1) is 13.4. The Hall–Kier alpha value is -3.35. The van der Waals surface area contributed by atoms with Crippen molar-refractivity contribution in [3.63, 3.8) is 0 Å². The second-order valence-corrected chi connectivity index (χ2v) is 6.22. The number of carbonyl (C=O) groups is 2. The first-order valence-corrected chi connectivity index (χ1v) is 8.88. The summed E-state index contributed by atoms with van der Waals surface area (Å²) in [5.74, 6) is -0.538. The van der Waals surface area contributed by atoms with Gasteiger partial charge in [-0.1, -0.05) is 23.8 Å². The average molecular weight is 384 g/mol. The zero-order chi connectivity index (χ0) is 20.5. The maximum absolute atomic E-state index is 12.1. The van der Waals surface area contributed by atoms with Crippen molar-refractivity contribution in [1.82, 2.24) is 5.43 Å². The first-order valence-electron chi connectivity index (χ1n) is 8.88. The molecule has 0 aliphatic rings. The van der Waals surface area contributed by atoms with Crippen LogP contribution in [-0.4, -0.2) is 36.4 Å². The molecule has 7 heteroatoms. The molecule has 0 fully saturated rings. The fourth-order valence-electron chi connectivity index (χ4n) is 2.57. The van der Waals surface area contributed by atoms with Gasteiger partial charge in [-0.2, -0.15) is 5.10 Å². The molecular formula is C21H24N2O5. The van der Waals surface area contributed by atoms with Crippen LogP contribution in [0.25, 0.3) is 0 Å². The van der Waals surface area contributed by atoms with E-state index in [4.69, 9.17) is 14.6 Å². The van der Waals surface area contributed by atoms with Gasteiger partial charge in [0.25, 0.3) is 0 Å². The number of carbonyl (C=O) groups excluding carboxylic acids is 1. The van der Waals surface area contributed by atoms with E-state index in [0.717, 1.165) is 16.7 Å². The molecule has 0 radical (unpaired) electrons. The molecule has 28 heavy (non-hydrogen) atoms. The van der Waals surface area contributed by atoms with E-state index in [2.05, 4.69) is 10.5 Å². The number of hydrazone groups is 1. The fraction of sp³-hybridized carbons (Fsp3) is 0.286. The van der Waals surface area contributed by atoms with Gasteiger partial charge in [0.1, 0.15) is 0 Å². The van der Waals surface area contributed by atoms with Gasteiger partial charge < -0.3 is 14.6 Å². The number of hydrogen-bond donors (Lipinski definition) is 2. The number of ether oxygens (including phenoxy) is 2. The molecule has 0 aliphatic carbocycles. The van der Waals surface area contributed by atoms with Crippen molar-refractivity contribution in [2.75, 3.05) is 13.2 Å². The van der Waals surface area contributed by atoms with Gasteiger partial charge in [-0.05, 0) is 55.7 Å². The van der Waals surface area contributed by atoms with Gasteiger partial charge in [0.15, 0.2) is 18.1 Å². The Bertz CT molecular complexity index is 877. The summed E-state index contributed by atoms with van der Waals surface area (Å²) in [6.45, 7) is 5.74. The van der Waals surface area contributed by atoms with Gasteiger partial charge in [-0.25, -0.2) is 10.2 Å². The summed E-state index contributed by atoms with van der Waals surface area (Å²) in [6.07, 6.45) is 1.74. The SMILES string of the molecule is CCOc1cc(/C=N\NC(=O)Cc2ccc(C)cc2C)ccc1OCC(=O)O. The third-order valence-electron chi connectivity index (χ3n) is 3.87. The van der Waals surface area contributed by atoms with Crippen molar-refractivity contribution >= 4 is 18.1 Å². The van der Waals surface area contributed by atoms with Gasteiger partial charge in [-0.15, -0.1) is 0 Å². The van der Waals surface area contributed by atoms with Gasteiger partial charge in [0.2, 0.25) is 5.91 Å². The van der Waals surface area contributed by atoms with E-state index in [1.54, 1.807) is 18.2 Å². The summed E-state index contributed by atoms with van der Waals surface area (Å²) in [6, 6.07) is 10.9. The van der Waals surface area contributed by atoms with E-state index in [0.29, 0.717) is 23.7 Å². The number of carboxylic acid groups (broad SMARTS) is 1. The van der Waals surface area contributed by atoms with Gasteiger partial charge in [0.05, 0.1) is 19.2 Å². The van der Waals surface area contributed by atoms with E-state index < -0.39 is 12.6 Å². The van der Waals surface area contributed by atoms with Crippen LogP contribution in [0.3, 0.4) is 0 Å². The quantitative estimate of drug-likeness (QED) is 0.512. The lowest BCUT2D eigenvalue weighted by Gasteiger charge is -2.11. The van der Waals surface area contributed by atoms with E-state index in [1.165, 1.54) is 6.21 Å². The summed E-state index contributed by atoms with van der Waals surface area (Å²) < 4.78 is 10.7. The highest BCUT2D eigenvalue weighted by Crippen LogP contribution is 2.28. The Morgan fingerprint density at radius 2 is 1.89 bits per heavy atom. The van der Waals surface area contributed by atoms with Crippen LogP contribution in [0, 0.1) is 13.8 Å². The lowest BCUT2D eigenvalue weighted by molar-refractivity contribution is -0.139. The maximum atomic E-state index is 12.1. The summed E-state index contributed by atoms with van der Waals surface area (Å²) >= 11 is 0. The summed E-state index contributed by atoms with van der Waals surface area (Å²) in [7, 11) is 0. The number of amides is 1. The molecular weight excluding hydrogens is 360 g/mol. The van der Waals surface area contributed by atoms with Gasteiger partial charge in [-0.3, -0.25) is 4.79 Å². The highest BCUT2D eigenvalue weighted by Gasteiger charge is 2.08. The zero-order valence-electron chi connectivity index (χ0n) is 16.2. The fourth-order valence-corrected chi connectivity index (χ4v) is 2.57. The molecule has 2 aromatic carbocycles. The van der Waals surface area contributed by atoms with Crippen molar-refractivity contribution in [2.45, 2.75) is 27.2 Å². The van der Waals surface area contributed by atoms with Crippen molar-refractivity contribution < 1.29 is 24.2 Å². The van der Waals surface area contributed by atoms with Gasteiger partial charge in [0, 0.05) is 0 Å². The van der Waals surface area contributed by atoms with Crippen molar-refractivity contribution in [1.29, 1.82) is 0 Å². The molecule has 7 nitrogen and oxygen atoms in total. The normalized spacial score (nSPS) is 10.7. The van der Waals surface area contributed by atoms with Crippen LogP contribution in [0.4, 0.5) is 0 Å². The highest BCUT2D eigenvalue weighted by molar-refractivity contribution is 5.84. The highest BCUT2D eigenvalue weighted by atomic mass is 16.5. The Morgan fingerprint density at radius 1 is 1.11 bits per heavy atom. The molecule has 0 saturated heterocycles. The largest absolute Gasteiger partial charge is 0.490 e. The molecule has 0 aromatic heterocycles. The van der Waals surface area contributed by atoms with Crippen LogP contribution in [-0.2, 0) is 16.0 Å².